The maximum Gasteiger partial charge on any atom is 0.0462 e. The van der Waals surface area contributed by atoms with Crippen molar-refractivity contribution in [3.8, 4) is 0 Å². The third kappa shape index (κ3) is 3.18. The van der Waals surface area contributed by atoms with Gasteiger partial charge in [0.05, 0.1) is 0 Å². The molecule has 0 radical (unpaired) electrons. The number of hydrogen-bond donors (Lipinski definition) is 1. The van der Waals surface area contributed by atoms with E-state index in [0.717, 1.165) is 0 Å². The molecule has 0 aliphatic rings. The third-order valence-electron chi connectivity index (χ3n) is 3.65. The molecule has 1 nitrogen and oxygen atoms in total. The van der Waals surface area contributed by atoms with Crippen LogP contribution < -0.4 is 4.90 Å². The highest BCUT2D eigenvalue weighted by Gasteiger charge is 2.11. The van der Waals surface area contributed by atoms with Gasteiger partial charge in [0.2, 0.25) is 0 Å². The number of para-hydroxylation sites is 2. The van der Waals surface area contributed by atoms with Crippen molar-refractivity contribution in [3.63, 3.8) is 0 Å². The first-order valence-electron chi connectivity index (χ1n) is 7.43. The average molecular weight is 307 g/mol. The molecule has 22 heavy (non-hydrogen) atoms. The van der Waals surface area contributed by atoms with E-state index in [2.05, 4.69) is 102 Å². The lowest BCUT2D eigenvalue weighted by Crippen LogP contribution is -2.09. The predicted molar refractivity (Wildman–Crippen MR) is 100 cm³/mol. The number of rotatable bonds is 4. The normalized spacial score (nSPS) is 11.1. The first-order valence-corrected chi connectivity index (χ1v) is 9.67. The van der Waals surface area contributed by atoms with E-state index in [1.54, 1.807) is 0 Å². The zero-order valence-corrected chi connectivity index (χ0v) is 13.9. The van der Waals surface area contributed by atoms with Crippen LogP contribution in [0.1, 0.15) is 0 Å². The summed E-state index contributed by atoms with van der Waals surface area (Å²) in [6.07, 6.45) is 4.58. The van der Waals surface area contributed by atoms with Gasteiger partial charge in [-0.3, -0.25) is 0 Å². The van der Waals surface area contributed by atoms with Crippen LogP contribution in [-0.2, 0) is 0 Å². The summed E-state index contributed by atoms with van der Waals surface area (Å²) in [5.74, 6) is 0. The Kier molecular flexibility index (Phi) is 4.50. The maximum absolute atomic E-state index is 2.29. The molecular formula is C20H21NS. The largest absolute Gasteiger partial charge is 0.311 e. The van der Waals surface area contributed by atoms with Crippen molar-refractivity contribution in [1.29, 1.82) is 0 Å². The third-order valence-corrected chi connectivity index (χ3v) is 4.98. The molecule has 0 amide bonds. The first-order chi connectivity index (χ1) is 10.8. The molecule has 0 aliphatic carbocycles. The summed E-state index contributed by atoms with van der Waals surface area (Å²) in [6, 6.07) is 30.0. The lowest BCUT2D eigenvalue weighted by atomic mass is 10.2. The van der Waals surface area contributed by atoms with Gasteiger partial charge in [-0.1, -0.05) is 36.4 Å². The second kappa shape index (κ2) is 6.71. The van der Waals surface area contributed by atoms with Crippen LogP contribution in [0.4, 0.5) is 17.1 Å². The summed E-state index contributed by atoms with van der Waals surface area (Å²) in [4.78, 5) is 3.72. The summed E-state index contributed by atoms with van der Waals surface area (Å²) in [6.45, 7) is 0. The van der Waals surface area contributed by atoms with Crippen LogP contribution in [0.25, 0.3) is 0 Å². The molecule has 0 bridgehead atoms. The predicted octanol–water partition coefficient (Wildman–Crippen LogP) is 5.78. The topological polar surface area (TPSA) is 3.24 Å². The fourth-order valence-electron chi connectivity index (χ4n) is 2.50. The fraction of sp³-hybridized carbons (Fsp3) is 0.100. The van der Waals surface area contributed by atoms with E-state index in [4.69, 9.17) is 0 Å². The number of hydrogen-bond acceptors (Lipinski definition) is 1. The fourth-order valence-corrected chi connectivity index (χ4v) is 3.25. The molecule has 0 atom stereocenters. The highest BCUT2D eigenvalue weighted by Crippen LogP contribution is 2.36. The number of benzene rings is 3. The standard InChI is InChI=1S/C20H21NS/c1-22(2)20-15-13-19(14-16-20)21(17-9-5-3-6-10-17)18-11-7-4-8-12-18/h3-16,22H,1-2H3. The zero-order chi connectivity index (χ0) is 15.4. The van der Waals surface area contributed by atoms with Crippen molar-refractivity contribution >= 4 is 28.0 Å². The zero-order valence-electron chi connectivity index (χ0n) is 13.0. The van der Waals surface area contributed by atoms with Crippen LogP contribution in [0.2, 0.25) is 0 Å². The minimum atomic E-state index is -0.0543. The van der Waals surface area contributed by atoms with Gasteiger partial charge in [-0.05, 0) is 65.9 Å². The smallest absolute Gasteiger partial charge is 0.0462 e. The van der Waals surface area contributed by atoms with Crippen molar-refractivity contribution in [2.75, 3.05) is 17.4 Å². The number of thiol groups is 1. The molecule has 0 saturated carbocycles. The number of nitrogens with zero attached hydrogens (tertiary/aromatic N) is 1. The van der Waals surface area contributed by atoms with Gasteiger partial charge in [0, 0.05) is 17.1 Å². The van der Waals surface area contributed by atoms with Gasteiger partial charge < -0.3 is 4.90 Å². The molecule has 3 aromatic rings. The Morgan fingerprint density at radius 2 is 0.955 bits per heavy atom. The lowest BCUT2D eigenvalue weighted by molar-refractivity contribution is 1.27. The van der Waals surface area contributed by atoms with E-state index in [1.807, 2.05) is 0 Å². The summed E-state index contributed by atoms with van der Waals surface area (Å²) in [5, 5.41) is 0. The Morgan fingerprint density at radius 3 is 1.36 bits per heavy atom. The quantitative estimate of drug-likeness (QED) is 0.598. The van der Waals surface area contributed by atoms with Crippen molar-refractivity contribution in [2.24, 2.45) is 0 Å². The van der Waals surface area contributed by atoms with Gasteiger partial charge in [0.25, 0.3) is 0 Å². The van der Waals surface area contributed by atoms with Crippen LogP contribution in [0, 0.1) is 0 Å². The molecule has 0 spiro atoms. The molecule has 3 rings (SSSR count). The Hall–Kier alpha value is -2.19. The van der Waals surface area contributed by atoms with E-state index in [9.17, 15) is 0 Å². The Morgan fingerprint density at radius 1 is 0.545 bits per heavy atom. The van der Waals surface area contributed by atoms with Gasteiger partial charge in [0.15, 0.2) is 0 Å². The van der Waals surface area contributed by atoms with E-state index in [-0.39, 0.29) is 10.9 Å². The molecule has 0 N–H and O–H groups in total. The van der Waals surface area contributed by atoms with Crippen molar-refractivity contribution in [3.05, 3.63) is 84.9 Å². The second-order valence-corrected chi connectivity index (χ2v) is 7.72. The van der Waals surface area contributed by atoms with Crippen molar-refractivity contribution < 1.29 is 0 Å². The Balaban J connectivity index is 2.06. The highest BCUT2D eigenvalue weighted by atomic mass is 32.2. The monoisotopic (exact) mass is 307 g/mol. The van der Waals surface area contributed by atoms with Crippen LogP contribution in [0.5, 0.6) is 0 Å². The Labute approximate surface area is 135 Å². The molecule has 0 aliphatic heterocycles. The average Bonchev–Trinajstić information content (AvgIpc) is 2.57. The molecule has 0 aromatic heterocycles. The number of anilines is 3. The molecule has 0 saturated heterocycles. The van der Waals surface area contributed by atoms with Crippen LogP contribution in [-0.4, -0.2) is 12.5 Å². The summed E-state index contributed by atoms with van der Waals surface area (Å²) >= 11 is 0. The molecule has 3 aromatic carbocycles. The summed E-state index contributed by atoms with van der Waals surface area (Å²) in [5.41, 5.74) is 3.55. The SMILES string of the molecule is C[SH](C)c1ccc(N(c2ccccc2)c2ccccc2)cc1. The lowest BCUT2D eigenvalue weighted by Gasteiger charge is -2.25. The van der Waals surface area contributed by atoms with Gasteiger partial charge in [-0.25, -0.2) is 10.9 Å². The molecular weight excluding hydrogens is 286 g/mol. The van der Waals surface area contributed by atoms with Crippen LogP contribution in [0.3, 0.4) is 0 Å². The van der Waals surface area contributed by atoms with E-state index < -0.39 is 0 Å². The van der Waals surface area contributed by atoms with E-state index >= 15 is 0 Å². The molecule has 2 heteroatoms. The minimum Gasteiger partial charge on any atom is -0.311 e. The van der Waals surface area contributed by atoms with E-state index in [0.29, 0.717) is 0 Å². The van der Waals surface area contributed by atoms with Crippen LogP contribution >= 0.6 is 10.9 Å². The second-order valence-electron chi connectivity index (χ2n) is 5.42. The summed E-state index contributed by atoms with van der Waals surface area (Å²) < 4.78 is 0. The molecule has 0 unspecified atom stereocenters. The van der Waals surface area contributed by atoms with Crippen molar-refractivity contribution in [1.82, 2.24) is 0 Å². The van der Waals surface area contributed by atoms with Gasteiger partial charge in [0.1, 0.15) is 0 Å². The first kappa shape index (κ1) is 14.7. The molecule has 0 fully saturated rings. The van der Waals surface area contributed by atoms with Crippen molar-refractivity contribution in [2.45, 2.75) is 4.90 Å². The highest BCUT2D eigenvalue weighted by molar-refractivity contribution is 8.15. The summed E-state index contributed by atoms with van der Waals surface area (Å²) in [7, 11) is -0.0543. The Bertz CT molecular complexity index is 666. The van der Waals surface area contributed by atoms with Gasteiger partial charge in [-0.15, -0.1) is 0 Å². The minimum absolute atomic E-state index is 0.0543. The molecule has 112 valence electrons. The van der Waals surface area contributed by atoms with E-state index in [1.165, 1.54) is 22.0 Å². The maximum atomic E-state index is 2.29. The van der Waals surface area contributed by atoms with Gasteiger partial charge >= 0.3 is 0 Å². The van der Waals surface area contributed by atoms with Crippen LogP contribution in [0.15, 0.2) is 89.8 Å². The van der Waals surface area contributed by atoms with Gasteiger partial charge in [-0.2, -0.15) is 0 Å². The molecule has 0 heterocycles.